The number of nitrogens with zero attached hydrogens (tertiary/aromatic N) is 1. The first kappa shape index (κ1) is 12.7. The zero-order chi connectivity index (χ0) is 14.3. The number of fused-ring (bicyclic) bond motifs is 1. The molecular weight excluding hydrogens is 255 g/mol. The molecule has 0 saturated heterocycles. The van der Waals surface area contributed by atoms with Crippen molar-refractivity contribution >= 4 is 17.3 Å². The Balaban J connectivity index is 1.97. The number of carbonyl (C=O) groups is 1. The number of anilines is 2. The van der Waals surface area contributed by atoms with E-state index in [9.17, 15) is 9.18 Å². The van der Waals surface area contributed by atoms with Gasteiger partial charge in [-0.15, -0.1) is 0 Å². The molecule has 3 nitrogen and oxygen atoms in total. The molecule has 1 heterocycles. The number of rotatable bonds is 1. The standard InChI is InChI=1S/C16H15FN2O/c1-10-8-12(3-5-14(10)18)16(20)19-7-6-11-2-4-13(17)9-15(11)19/h2-5,8-9H,6-7,18H2,1H3. The molecule has 102 valence electrons. The molecule has 0 aromatic heterocycles. The number of amides is 1. The van der Waals surface area contributed by atoms with Gasteiger partial charge in [0.2, 0.25) is 0 Å². The molecule has 0 atom stereocenters. The summed E-state index contributed by atoms with van der Waals surface area (Å²) < 4.78 is 13.4. The van der Waals surface area contributed by atoms with E-state index in [0.717, 1.165) is 17.5 Å². The summed E-state index contributed by atoms with van der Waals surface area (Å²) in [5.74, 6) is -0.436. The Labute approximate surface area is 116 Å². The van der Waals surface area contributed by atoms with Crippen LogP contribution in [0.4, 0.5) is 15.8 Å². The second-order valence-electron chi connectivity index (χ2n) is 5.05. The summed E-state index contributed by atoms with van der Waals surface area (Å²) in [5.41, 5.74) is 9.55. The second-order valence-corrected chi connectivity index (χ2v) is 5.05. The van der Waals surface area contributed by atoms with Gasteiger partial charge in [0.1, 0.15) is 5.82 Å². The molecule has 2 N–H and O–H groups in total. The molecule has 3 rings (SSSR count). The van der Waals surface area contributed by atoms with Crippen LogP contribution in [0.1, 0.15) is 21.5 Å². The fourth-order valence-corrected chi connectivity index (χ4v) is 2.53. The van der Waals surface area contributed by atoms with Gasteiger partial charge in [-0.3, -0.25) is 4.79 Å². The molecule has 1 aliphatic rings. The predicted molar refractivity (Wildman–Crippen MR) is 77.4 cm³/mol. The van der Waals surface area contributed by atoms with Crippen molar-refractivity contribution in [2.24, 2.45) is 0 Å². The molecule has 0 aliphatic carbocycles. The molecular formula is C16H15FN2O. The first-order valence-electron chi connectivity index (χ1n) is 6.52. The van der Waals surface area contributed by atoms with Crippen LogP contribution in [0.25, 0.3) is 0 Å². The number of aryl methyl sites for hydroxylation is 1. The van der Waals surface area contributed by atoms with Gasteiger partial charge in [-0.2, -0.15) is 0 Å². The lowest BCUT2D eigenvalue weighted by Crippen LogP contribution is -2.29. The van der Waals surface area contributed by atoms with Gasteiger partial charge in [0.15, 0.2) is 0 Å². The average molecular weight is 270 g/mol. The van der Waals surface area contributed by atoms with Crippen molar-refractivity contribution < 1.29 is 9.18 Å². The molecule has 0 radical (unpaired) electrons. The number of carbonyl (C=O) groups excluding carboxylic acids is 1. The summed E-state index contributed by atoms with van der Waals surface area (Å²) in [6, 6.07) is 9.80. The zero-order valence-electron chi connectivity index (χ0n) is 11.2. The quantitative estimate of drug-likeness (QED) is 0.810. The number of hydrogen-bond donors (Lipinski definition) is 1. The van der Waals surface area contributed by atoms with Crippen molar-refractivity contribution in [1.82, 2.24) is 0 Å². The maximum atomic E-state index is 13.4. The number of nitrogen functional groups attached to an aromatic ring is 1. The molecule has 1 aliphatic heterocycles. The van der Waals surface area contributed by atoms with Crippen LogP contribution in [0, 0.1) is 12.7 Å². The Hall–Kier alpha value is -2.36. The summed E-state index contributed by atoms with van der Waals surface area (Å²) in [6.07, 6.45) is 0.759. The van der Waals surface area contributed by atoms with E-state index in [-0.39, 0.29) is 11.7 Å². The van der Waals surface area contributed by atoms with Crippen molar-refractivity contribution in [3.8, 4) is 0 Å². The van der Waals surface area contributed by atoms with Crippen molar-refractivity contribution in [2.45, 2.75) is 13.3 Å². The minimum atomic E-state index is -0.322. The molecule has 2 aromatic rings. The van der Waals surface area contributed by atoms with Crippen LogP contribution >= 0.6 is 0 Å². The Morgan fingerprint density at radius 2 is 2.05 bits per heavy atom. The predicted octanol–water partition coefficient (Wildman–Crippen LogP) is 2.92. The maximum absolute atomic E-state index is 13.4. The van der Waals surface area contributed by atoms with Gasteiger partial charge in [-0.05, 0) is 54.8 Å². The number of nitrogens with two attached hydrogens (primary N) is 1. The molecule has 1 amide bonds. The van der Waals surface area contributed by atoms with Crippen LogP contribution in [-0.2, 0) is 6.42 Å². The lowest BCUT2D eigenvalue weighted by Gasteiger charge is -2.18. The third-order valence-corrected chi connectivity index (χ3v) is 3.70. The topological polar surface area (TPSA) is 46.3 Å². The first-order valence-corrected chi connectivity index (χ1v) is 6.52. The van der Waals surface area contributed by atoms with Crippen molar-refractivity contribution in [1.29, 1.82) is 0 Å². The highest BCUT2D eigenvalue weighted by Crippen LogP contribution is 2.30. The summed E-state index contributed by atoms with van der Waals surface area (Å²) >= 11 is 0. The molecule has 0 unspecified atom stereocenters. The van der Waals surface area contributed by atoms with Gasteiger partial charge in [0.05, 0.1) is 5.69 Å². The van der Waals surface area contributed by atoms with E-state index in [0.29, 0.717) is 23.5 Å². The average Bonchev–Trinajstić information content (AvgIpc) is 2.84. The van der Waals surface area contributed by atoms with Crippen molar-refractivity contribution in [2.75, 3.05) is 17.2 Å². The van der Waals surface area contributed by atoms with Crippen molar-refractivity contribution in [3.63, 3.8) is 0 Å². The summed E-state index contributed by atoms with van der Waals surface area (Å²) in [5, 5.41) is 0. The fraction of sp³-hybridized carbons (Fsp3) is 0.188. The summed E-state index contributed by atoms with van der Waals surface area (Å²) in [7, 11) is 0. The summed E-state index contributed by atoms with van der Waals surface area (Å²) in [6.45, 7) is 2.45. The molecule has 0 saturated carbocycles. The summed E-state index contributed by atoms with van der Waals surface area (Å²) in [4.78, 5) is 14.2. The lowest BCUT2D eigenvalue weighted by atomic mass is 10.1. The fourth-order valence-electron chi connectivity index (χ4n) is 2.53. The smallest absolute Gasteiger partial charge is 0.258 e. The number of benzene rings is 2. The first-order chi connectivity index (χ1) is 9.56. The second kappa shape index (κ2) is 4.63. The van der Waals surface area contributed by atoms with Gasteiger partial charge in [-0.25, -0.2) is 4.39 Å². The lowest BCUT2D eigenvalue weighted by molar-refractivity contribution is 0.0989. The normalized spacial score (nSPS) is 13.4. The van der Waals surface area contributed by atoms with Gasteiger partial charge in [0.25, 0.3) is 5.91 Å². The van der Waals surface area contributed by atoms with Gasteiger partial charge in [0, 0.05) is 17.8 Å². The Morgan fingerprint density at radius 3 is 2.80 bits per heavy atom. The highest BCUT2D eigenvalue weighted by atomic mass is 19.1. The maximum Gasteiger partial charge on any atom is 0.258 e. The minimum absolute atomic E-state index is 0.113. The third-order valence-electron chi connectivity index (χ3n) is 3.70. The molecule has 2 aromatic carbocycles. The molecule has 0 bridgehead atoms. The van der Waals surface area contributed by atoms with Crippen LogP contribution < -0.4 is 10.6 Å². The molecule has 4 heteroatoms. The largest absolute Gasteiger partial charge is 0.399 e. The van der Waals surface area contributed by atoms with E-state index >= 15 is 0 Å². The number of halogens is 1. The zero-order valence-corrected chi connectivity index (χ0v) is 11.2. The molecule has 0 fully saturated rings. The van der Waals surface area contributed by atoms with Crippen LogP contribution in [0.15, 0.2) is 36.4 Å². The Morgan fingerprint density at radius 1 is 1.25 bits per heavy atom. The van der Waals surface area contributed by atoms with Crippen LogP contribution in [0.5, 0.6) is 0 Å². The van der Waals surface area contributed by atoms with E-state index in [1.807, 2.05) is 6.92 Å². The van der Waals surface area contributed by atoms with E-state index in [4.69, 9.17) is 5.73 Å². The highest BCUT2D eigenvalue weighted by Gasteiger charge is 2.26. The van der Waals surface area contributed by atoms with Gasteiger partial charge < -0.3 is 10.6 Å². The molecule has 0 spiro atoms. The SMILES string of the molecule is Cc1cc(C(=O)N2CCc3ccc(F)cc32)ccc1N. The van der Waals surface area contributed by atoms with E-state index in [2.05, 4.69) is 0 Å². The van der Waals surface area contributed by atoms with Crippen molar-refractivity contribution in [3.05, 3.63) is 58.9 Å². The van der Waals surface area contributed by atoms with Gasteiger partial charge in [-0.1, -0.05) is 6.07 Å². The number of hydrogen-bond acceptors (Lipinski definition) is 2. The van der Waals surface area contributed by atoms with Crippen LogP contribution in [0.3, 0.4) is 0 Å². The minimum Gasteiger partial charge on any atom is -0.399 e. The molecule has 20 heavy (non-hydrogen) atoms. The van der Waals surface area contributed by atoms with E-state index in [1.165, 1.54) is 12.1 Å². The van der Waals surface area contributed by atoms with Crippen LogP contribution in [-0.4, -0.2) is 12.5 Å². The Kier molecular flexibility index (Phi) is 2.93. The highest BCUT2D eigenvalue weighted by molar-refractivity contribution is 6.07. The monoisotopic (exact) mass is 270 g/mol. The van der Waals surface area contributed by atoms with E-state index in [1.54, 1.807) is 29.2 Å². The third kappa shape index (κ3) is 2.03. The Bertz CT molecular complexity index is 697. The van der Waals surface area contributed by atoms with E-state index < -0.39 is 0 Å². The van der Waals surface area contributed by atoms with Crippen LogP contribution in [0.2, 0.25) is 0 Å². The van der Waals surface area contributed by atoms with Gasteiger partial charge >= 0.3 is 0 Å².